The Balaban J connectivity index is 1.60. The third-order valence-corrected chi connectivity index (χ3v) is 5.46. The van der Waals surface area contributed by atoms with Gasteiger partial charge in [0.1, 0.15) is 23.3 Å². The molecule has 0 aromatic carbocycles. The summed E-state index contributed by atoms with van der Waals surface area (Å²) in [6.45, 7) is 3.74. The van der Waals surface area contributed by atoms with E-state index < -0.39 is 0 Å². The largest absolute Gasteiger partial charge is 0.464 e. The fourth-order valence-corrected chi connectivity index (χ4v) is 4.07. The maximum atomic E-state index is 13.3. The molecule has 0 radical (unpaired) electrons. The van der Waals surface area contributed by atoms with Gasteiger partial charge in [0, 0.05) is 25.2 Å². The van der Waals surface area contributed by atoms with Crippen LogP contribution >= 0.6 is 0 Å². The van der Waals surface area contributed by atoms with Gasteiger partial charge in [-0.1, -0.05) is 19.8 Å². The van der Waals surface area contributed by atoms with E-state index in [9.17, 15) is 4.79 Å². The monoisotopic (exact) mass is 342 g/mol. The van der Waals surface area contributed by atoms with Crippen LogP contribution in [0.25, 0.3) is 0 Å². The van der Waals surface area contributed by atoms with Gasteiger partial charge in [0.15, 0.2) is 0 Å². The molecular formula is C20H26N2O3. The number of aromatic nitrogens is 1. The quantitative estimate of drug-likeness (QED) is 0.844. The number of nitrogens with zero attached hydrogens (tertiary/aromatic N) is 2. The molecule has 1 amide bonds. The van der Waals surface area contributed by atoms with Gasteiger partial charge < -0.3 is 18.6 Å². The Morgan fingerprint density at radius 2 is 2.08 bits per heavy atom. The molecule has 3 heterocycles. The summed E-state index contributed by atoms with van der Waals surface area (Å²) in [4.78, 5) is 15.2. The molecule has 1 saturated heterocycles. The van der Waals surface area contributed by atoms with Crippen LogP contribution in [0.4, 0.5) is 0 Å². The van der Waals surface area contributed by atoms with Gasteiger partial charge in [-0.2, -0.15) is 0 Å². The summed E-state index contributed by atoms with van der Waals surface area (Å²) < 4.78 is 13.7. The van der Waals surface area contributed by atoms with Crippen LogP contribution in [0.1, 0.15) is 66.7 Å². The zero-order valence-corrected chi connectivity index (χ0v) is 14.8. The van der Waals surface area contributed by atoms with E-state index in [1.54, 1.807) is 0 Å². The van der Waals surface area contributed by atoms with Gasteiger partial charge in [0.25, 0.3) is 5.91 Å². The second-order valence-electron chi connectivity index (χ2n) is 6.99. The first-order valence-electron chi connectivity index (χ1n) is 9.42. The molecule has 2 aromatic rings. The number of hydrogen-bond donors (Lipinski definition) is 0. The van der Waals surface area contributed by atoms with Crippen molar-refractivity contribution >= 4 is 5.91 Å². The van der Waals surface area contributed by atoms with Crippen LogP contribution in [-0.2, 0) is 11.2 Å². The average molecular weight is 342 g/mol. The molecule has 1 atom stereocenters. The van der Waals surface area contributed by atoms with E-state index >= 15 is 0 Å². The predicted octanol–water partition coefficient (Wildman–Crippen LogP) is 3.97. The number of morpholine rings is 1. The van der Waals surface area contributed by atoms with Gasteiger partial charge >= 0.3 is 0 Å². The maximum Gasteiger partial charge on any atom is 0.271 e. The number of carbonyl (C=O) groups excluding carboxylic acids is 1. The number of furan rings is 1. The van der Waals surface area contributed by atoms with Gasteiger partial charge in [-0.3, -0.25) is 4.79 Å². The summed E-state index contributed by atoms with van der Waals surface area (Å²) in [7, 11) is 0. The Bertz CT molecular complexity index is 727. The second kappa shape index (κ2) is 7.08. The summed E-state index contributed by atoms with van der Waals surface area (Å²) in [6, 6.07) is 8.23. The molecule has 4 rings (SSSR count). The predicted molar refractivity (Wildman–Crippen MR) is 94.6 cm³/mol. The van der Waals surface area contributed by atoms with Gasteiger partial charge in [-0.05, 0) is 37.1 Å². The minimum Gasteiger partial charge on any atom is -0.464 e. The molecule has 5 nitrogen and oxygen atoms in total. The molecule has 1 aliphatic heterocycles. The van der Waals surface area contributed by atoms with E-state index in [0.717, 1.165) is 23.6 Å². The van der Waals surface area contributed by atoms with E-state index in [4.69, 9.17) is 9.15 Å². The molecule has 1 aliphatic carbocycles. The van der Waals surface area contributed by atoms with Crippen molar-refractivity contribution in [1.82, 2.24) is 9.47 Å². The molecule has 0 N–H and O–H groups in total. The molecule has 2 aromatic heterocycles. The first-order chi connectivity index (χ1) is 12.3. The van der Waals surface area contributed by atoms with Gasteiger partial charge in [-0.15, -0.1) is 0 Å². The minimum atomic E-state index is -0.145. The van der Waals surface area contributed by atoms with Gasteiger partial charge in [-0.25, -0.2) is 0 Å². The third-order valence-electron chi connectivity index (χ3n) is 5.46. The number of rotatable bonds is 4. The highest BCUT2D eigenvalue weighted by Gasteiger charge is 2.33. The Morgan fingerprint density at radius 3 is 2.84 bits per heavy atom. The van der Waals surface area contributed by atoms with Crippen LogP contribution in [0.15, 0.2) is 34.9 Å². The highest BCUT2D eigenvalue weighted by atomic mass is 16.5. The summed E-state index contributed by atoms with van der Waals surface area (Å²) >= 11 is 0. The number of hydrogen-bond acceptors (Lipinski definition) is 3. The molecule has 0 spiro atoms. The van der Waals surface area contributed by atoms with E-state index in [0.29, 0.717) is 25.8 Å². The smallest absolute Gasteiger partial charge is 0.271 e. The number of aryl methyl sites for hydroxylation is 1. The first-order valence-corrected chi connectivity index (χ1v) is 9.42. The number of carbonyl (C=O) groups is 1. The summed E-state index contributed by atoms with van der Waals surface area (Å²) in [5.74, 6) is 1.85. The molecular weight excluding hydrogens is 316 g/mol. The highest BCUT2D eigenvalue weighted by Crippen LogP contribution is 2.33. The molecule has 1 saturated carbocycles. The average Bonchev–Trinajstić information content (AvgIpc) is 3.41. The van der Waals surface area contributed by atoms with Gasteiger partial charge in [0.05, 0.1) is 13.2 Å². The molecule has 5 heteroatoms. The zero-order valence-electron chi connectivity index (χ0n) is 14.8. The standard InChI is InChI=1S/C20H26N2O3/c1-2-16-9-10-19(25-16)18-14-24-13-12-22(18)20(23)17-8-5-11-21(17)15-6-3-4-7-15/h5,8-11,15,18H,2-4,6-7,12-14H2,1H3/t18-/m0/s1. The SMILES string of the molecule is CCc1ccc([C@@H]2COCCN2C(=O)c2cccn2C2CCCC2)o1. The highest BCUT2D eigenvalue weighted by molar-refractivity contribution is 5.93. The molecule has 0 unspecified atom stereocenters. The second-order valence-corrected chi connectivity index (χ2v) is 6.99. The Kier molecular flexibility index (Phi) is 4.66. The first kappa shape index (κ1) is 16.5. The lowest BCUT2D eigenvalue weighted by Gasteiger charge is -2.35. The number of amides is 1. The van der Waals surface area contributed by atoms with Crippen molar-refractivity contribution in [3.8, 4) is 0 Å². The van der Waals surface area contributed by atoms with Crippen LogP contribution in [0.5, 0.6) is 0 Å². The zero-order chi connectivity index (χ0) is 17.2. The Labute approximate surface area is 148 Å². The van der Waals surface area contributed by atoms with Crippen LogP contribution < -0.4 is 0 Å². The fraction of sp³-hybridized carbons (Fsp3) is 0.550. The lowest BCUT2D eigenvalue weighted by Crippen LogP contribution is -2.44. The summed E-state index contributed by atoms with van der Waals surface area (Å²) in [5.41, 5.74) is 0.793. The normalized spacial score (nSPS) is 21.8. The third kappa shape index (κ3) is 3.13. The molecule has 134 valence electrons. The van der Waals surface area contributed by atoms with Gasteiger partial charge in [0.2, 0.25) is 0 Å². The van der Waals surface area contributed by atoms with Crippen LogP contribution in [-0.4, -0.2) is 35.1 Å². The Hall–Kier alpha value is -2.01. The topological polar surface area (TPSA) is 47.6 Å². The van der Waals surface area contributed by atoms with Crippen molar-refractivity contribution < 1.29 is 13.9 Å². The van der Waals surface area contributed by atoms with E-state index in [1.807, 2.05) is 29.2 Å². The molecule has 2 fully saturated rings. The van der Waals surface area contributed by atoms with Crippen LogP contribution in [0, 0.1) is 0 Å². The molecule has 0 bridgehead atoms. The van der Waals surface area contributed by atoms with Crippen molar-refractivity contribution in [1.29, 1.82) is 0 Å². The number of ether oxygens (including phenoxy) is 1. The maximum absolute atomic E-state index is 13.3. The van der Waals surface area contributed by atoms with Crippen molar-refractivity contribution in [3.05, 3.63) is 47.7 Å². The Morgan fingerprint density at radius 1 is 1.24 bits per heavy atom. The molecule has 2 aliphatic rings. The lowest BCUT2D eigenvalue weighted by atomic mass is 10.1. The fourth-order valence-electron chi connectivity index (χ4n) is 4.07. The van der Waals surface area contributed by atoms with Crippen molar-refractivity contribution in [2.45, 2.75) is 51.1 Å². The van der Waals surface area contributed by atoms with E-state index in [-0.39, 0.29) is 11.9 Å². The van der Waals surface area contributed by atoms with E-state index in [2.05, 4.69) is 17.7 Å². The van der Waals surface area contributed by atoms with Crippen LogP contribution in [0.2, 0.25) is 0 Å². The minimum absolute atomic E-state index is 0.0830. The van der Waals surface area contributed by atoms with Crippen molar-refractivity contribution in [2.75, 3.05) is 19.8 Å². The van der Waals surface area contributed by atoms with E-state index in [1.165, 1.54) is 25.7 Å². The molecule has 25 heavy (non-hydrogen) atoms. The lowest BCUT2D eigenvalue weighted by molar-refractivity contribution is -0.00962. The van der Waals surface area contributed by atoms with Crippen molar-refractivity contribution in [3.63, 3.8) is 0 Å². The summed E-state index contributed by atoms with van der Waals surface area (Å²) in [5, 5.41) is 0. The van der Waals surface area contributed by atoms with Crippen molar-refractivity contribution in [2.24, 2.45) is 0 Å². The summed E-state index contributed by atoms with van der Waals surface area (Å²) in [6.07, 6.45) is 7.75. The van der Waals surface area contributed by atoms with Crippen LogP contribution in [0.3, 0.4) is 0 Å².